The molecule has 1 aromatic heterocycles. The maximum absolute atomic E-state index is 12.8. The zero-order valence-electron chi connectivity index (χ0n) is 19.4. The fraction of sp³-hybridized carbons (Fsp3) is 0.167. The van der Waals surface area contributed by atoms with Crippen LogP contribution in [-0.4, -0.2) is 21.0 Å². The number of anilines is 1. The van der Waals surface area contributed by atoms with Crippen molar-refractivity contribution in [1.29, 1.82) is 0 Å². The Morgan fingerprint density at radius 3 is 2.49 bits per heavy atom. The van der Waals surface area contributed by atoms with Crippen molar-refractivity contribution in [2.24, 2.45) is 0 Å². The summed E-state index contributed by atoms with van der Waals surface area (Å²) < 4.78 is 0. The Morgan fingerprint density at radius 2 is 1.69 bits per heavy atom. The molecule has 0 saturated carbocycles. The molecule has 1 aliphatic rings. The third-order valence-corrected chi connectivity index (χ3v) is 6.17. The number of aryl methyl sites for hydroxylation is 3. The molecule has 1 aliphatic carbocycles. The van der Waals surface area contributed by atoms with Gasteiger partial charge in [0.1, 0.15) is 11.4 Å². The molecule has 1 amide bonds. The molecular formula is C30H27N3O2. The van der Waals surface area contributed by atoms with Crippen molar-refractivity contribution >= 4 is 23.9 Å². The number of rotatable bonds is 7. The highest BCUT2D eigenvalue weighted by Crippen LogP contribution is 2.35. The van der Waals surface area contributed by atoms with Crippen LogP contribution in [0.5, 0.6) is 5.75 Å². The monoisotopic (exact) mass is 461 g/mol. The van der Waals surface area contributed by atoms with Crippen LogP contribution in [0.25, 0.3) is 23.4 Å². The molecular weight excluding hydrogens is 434 g/mol. The van der Waals surface area contributed by atoms with Gasteiger partial charge in [0.25, 0.3) is 0 Å². The predicted octanol–water partition coefficient (Wildman–Crippen LogP) is 6.08. The average Bonchev–Trinajstić information content (AvgIpc) is 2.88. The standard InChI is InChI=1S/C30H27N3O2/c34-24-16-17-25-23(20-24)15-19-26-29(25)31-27(18-14-22-10-5-2-6-11-22)30(32-26)33-28(35)13-7-12-21-8-3-1-4-9-21/h1-6,8-11,14,16-18,20,34H,7,12-13,15,19H2,(H,32,33,35). The van der Waals surface area contributed by atoms with Gasteiger partial charge in [0, 0.05) is 12.0 Å². The Kier molecular flexibility index (Phi) is 6.66. The lowest BCUT2D eigenvalue weighted by Crippen LogP contribution is -2.17. The molecule has 3 aromatic carbocycles. The lowest BCUT2D eigenvalue weighted by molar-refractivity contribution is -0.116. The number of hydrogen-bond donors (Lipinski definition) is 2. The van der Waals surface area contributed by atoms with Crippen molar-refractivity contribution in [3.63, 3.8) is 0 Å². The molecule has 5 nitrogen and oxygen atoms in total. The van der Waals surface area contributed by atoms with Gasteiger partial charge in [-0.25, -0.2) is 9.97 Å². The number of carbonyl (C=O) groups excluding carboxylic acids is 1. The average molecular weight is 462 g/mol. The number of benzene rings is 3. The van der Waals surface area contributed by atoms with Gasteiger partial charge in [0.2, 0.25) is 5.91 Å². The molecule has 0 fully saturated rings. The van der Waals surface area contributed by atoms with Gasteiger partial charge < -0.3 is 10.4 Å². The maximum Gasteiger partial charge on any atom is 0.225 e. The van der Waals surface area contributed by atoms with Crippen LogP contribution in [0.4, 0.5) is 5.82 Å². The summed E-state index contributed by atoms with van der Waals surface area (Å²) in [5, 5.41) is 12.9. The van der Waals surface area contributed by atoms with E-state index in [0.29, 0.717) is 24.4 Å². The van der Waals surface area contributed by atoms with E-state index in [1.54, 1.807) is 12.1 Å². The fourth-order valence-electron chi connectivity index (χ4n) is 4.38. The van der Waals surface area contributed by atoms with Gasteiger partial charge in [0.15, 0.2) is 5.82 Å². The van der Waals surface area contributed by atoms with Gasteiger partial charge in [-0.3, -0.25) is 4.79 Å². The number of carbonyl (C=O) groups is 1. The molecule has 0 bridgehead atoms. The smallest absolute Gasteiger partial charge is 0.225 e. The van der Waals surface area contributed by atoms with Crippen LogP contribution in [-0.2, 0) is 24.1 Å². The molecule has 5 heteroatoms. The van der Waals surface area contributed by atoms with Crippen molar-refractivity contribution in [3.05, 3.63) is 107 Å². The number of aromatic nitrogens is 2. The fourth-order valence-corrected chi connectivity index (χ4v) is 4.38. The van der Waals surface area contributed by atoms with Crippen molar-refractivity contribution in [2.75, 3.05) is 5.32 Å². The highest BCUT2D eigenvalue weighted by molar-refractivity contribution is 5.92. The van der Waals surface area contributed by atoms with E-state index >= 15 is 0 Å². The predicted molar refractivity (Wildman–Crippen MR) is 140 cm³/mol. The first-order valence-corrected chi connectivity index (χ1v) is 12.0. The number of hydrogen-bond acceptors (Lipinski definition) is 4. The van der Waals surface area contributed by atoms with Crippen molar-refractivity contribution in [3.8, 4) is 17.0 Å². The highest BCUT2D eigenvalue weighted by Gasteiger charge is 2.22. The van der Waals surface area contributed by atoms with Crippen molar-refractivity contribution in [1.82, 2.24) is 9.97 Å². The van der Waals surface area contributed by atoms with Gasteiger partial charge in [-0.15, -0.1) is 0 Å². The molecule has 35 heavy (non-hydrogen) atoms. The number of nitrogens with one attached hydrogen (secondary N) is 1. The lowest BCUT2D eigenvalue weighted by Gasteiger charge is -2.20. The Labute approximate surface area is 205 Å². The van der Waals surface area contributed by atoms with Crippen molar-refractivity contribution < 1.29 is 9.90 Å². The maximum atomic E-state index is 12.8. The molecule has 0 unspecified atom stereocenters. The Bertz CT molecular complexity index is 1370. The summed E-state index contributed by atoms with van der Waals surface area (Å²) in [6.07, 6.45) is 7.39. The third kappa shape index (κ3) is 5.46. The van der Waals surface area contributed by atoms with Gasteiger partial charge >= 0.3 is 0 Å². The molecule has 5 rings (SSSR count). The van der Waals surface area contributed by atoms with Gasteiger partial charge in [-0.2, -0.15) is 0 Å². The molecule has 2 N–H and O–H groups in total. The van der Waals surface area contributed by atoms with Crippen LogP contribution < -0.4 is 5.32 Å². The van der Waals surface area contributed by atoms with Gasteiger partial charge in [-0.1, -0.05) is 66.7 Å². The second-order valence-electron chi connectivity index (χ2n) is 8.73. The van der Waals surface area contributed by atoms with E-state index < -0.39 is 0 Å². The Balaban J connectivity index is 1.41. The van der Waals surface area contributed by atoms with Crippen molar-refractivity contribution in [2.45, 2.75) is 32.1 Å². The topological polar surface area (TPSA) is 75.1 Å². The largest absolute Gasteiger partial charge is 0.508 e. The second-order valence-corrected chi connectivity index (χ2v) is 8.73. The van der Waals surface area contributed by atoms with E-state index in [9.17, 15) is 9.90 Å². The van der Waals surface area contributed by atoms with Crippen LogP contribution in [0, 0.1) is 0 Å². The number of fused-ring (bicyclic) bond motifs is 3. The first-order valence-electron chi connectivity index (χ1n) is 12.0. The van der Waals surface area contributed by atoms with Crippen LogP contribution in [0.15, 0.2) is 78.9 Å². The molecule has 0 atom stereocenters. The van der Waals surface area contributed by atoms with E-state index in [0.717, 1.165) is 47.3 Å². The molecule has 1 heterocycles. The second kappa shape index (κ2) is 10.3. The minimum Gasteiger partial charge on any atom is -0.508 e. The SMILES string of the molecule is O=C(CCCc1ccccc1)Nc1nc2c(nc1C=Cc1ccccc1)-c1ccc(O)cc1CC2. The molecule has 174 valence electrons. The van der Waals surface area contributed by atoms with Crippen LogP contribution in [0.3, 0.4) is 0 Å². The molecule has 4 aromatic rings. The summed E-state index contributed by atoms with van der Waals surface area (Å²) in [5.74, 6) is 0.678. The summed E-state index contributed by atoms with van der Waals surface area (Å²) >= 11 is 0. The zero-order valence-corrected chi connectivity index (χ0v) is 19.4. The number of amides is 1. The summed E-state index contributed by atoms with van der Waals surface area (Å²) in [7, 11) is 0. The van der Waals surface area contributed by atoms with Gasteiger partial charge in [0.05, 0.1) is 11.4 Å². The highest BCUT2D eigenvalue weighted by atomic mass is 16.3. The molecule has 0 spiro atoms. The minimum atomic E-state index is -0.0642. The molecule has 0 radical (unpaired) electrons. The third-order valence-electron chi connectivity index (χ3n) is 6.17. The van der Waals surface area contributed by atoms with E-state index in [4.69, 9.17) is 9.97 Å². The summed E-state index contributed by atoms with van der Waals surface area (Å²) in [5.41, 5.74) is 6.59. The quantitative estimate of drug-likeness (QED) is 0.350. The van der Waals surface area contributed by atoms with E-state index in [2.05, 4.69) is 17.4 Å². The van der Waals surface area contributed by atoms with E-state index in [-0.39, 0.29) is 11.7 Å². The van der Waals surface area contributed by atoms with Crippen LogP contribution in [0.1, 0.15) is 40.9 Å². The lowest BCUT2D eigenvalue weighted by atomic mass is 9.91. The summed E-state index contributed by atoms with van der Waals surface area (Å²) in [6, 6.07) is 25.5. The Morgan fingerprint density at radius 1 is 0.914 bits per heavy atom. The van der Waals surface area contributed by atoms with Crippen LogP contribution in [0.2, 0.25) is 0 Å². The number of aromatic hydroxyl groups is 1. The number of nitrogens with zero attached hydrogens (tertiary/aromatic N) is 2. The van der Waals surface area contributed by atoms with Gasteiger partial charge in [-0.05, 0) is 66.6 Å². The van der Waals surface area contributed by atoms with Crippen LogP contribution >= 0.6 is 0 Å². The first kappa shape index (κ1) is 22.5. The minimum absolute atomic E-state index is 0.0642. The number of phenolic OH excluding ortho intramolecular Hbond substituents is 1. The molecule has 0 aliphatic heterocycles. The Hall–Kier alpha value is -4.25. The zero-order chi connectivity index (χ0) is 24.0. The molecule has 0 saturated heterocycles. The normalized spacial score (nSPS) is 12.2. The summed E-state index contributed by atoms with van der Waals surface area (Å²) in [6.45, 7) is 0. The first-order chi connectivity index (χ1) is 17.2. The van der Waals surface area contributed by atoms with E-state index in [1.165, 1.54) is 5.56 Å². The van der Waals surface area contributed by atoms with E-state index in [1.807, 2.05) is 66.7 Å². The number of phenols is 1. The summed E-state index contributed by atoms with van der Waals surface area (Å²) in [4.78, 5) is 22.6.